The highest BCUT2D eigenvalue weighted by Crippen LogP contribution is 2.42. The molecule has 4 aliphatic rings. The molecular formula is C50H48F2N12O2. The summed E-state index contributed by atoms with van der Waals surface area (Å²) in [6.45, 7) is 7.53. The van der Waals surface area contributed by atoms with Gasteiger partial charge in [0.25, 0.3) is 11.9 Å². The van der Waals surface area contributed by atoms with Gasteiger partial charge in [0.15, 0.2) is 0 Å². The third-order valence-corrected chi connectivity index (χ3v) is 13.2. The average Bonchev–Trinajstić information content (AvgIpc) is 4.06. The first-order valence-corrected chi connectivity index (χ1v) is 22.7. The third kappa shape index (κ3) is 7.45. The Balaban J connectivity index is 1.17. The Hall–Kier alpha value is -6.98. The highest BCUT2D eigenvalue weighted by Gasteiger charge is 2.33. The molecule has 2 saturated heterocycles. The Morgan fingerprint density at radius 2 is 1.26 bits per heavy atom. The number of nitrogens with one attached hydrogen (secondary N) is 4. The van der Waals surface area contributed by atoms with E-state index in [9.17, 15) is 0 Å². The number of H-pyrrole nitrogens is 2. The topological polar surface area (TPSA) is 139 Å². The number of hydrazine groups is 1. The van der Waals surface area contributed by atoms with Crippen molar-refractivity contribution < 1.29 is 18.3 Å². The summed E-state index contributed by atoms with van der Waals surface area (Å²) < 4.78 is 43.8. The van der Waals surface area contributed by atoms with Gasteiger partial charge in [0.1, 0.15) is 23.3 Å². The maximum Gasteiger partial charge on any atom is 0.252 e. The quantitative estimate of drug-likeness (QED) is 0.106. The number of anilines is 6. The lowest BCUT2D eigenvalue weighted by molar-refractivity contribution is 0.122. The van der Waals surface area contributed by atoms with Crippen LogP contribution in [-0.4, -0.2) is 95.6 Å². The molecule has 334 valence electrons. The lowest BCUT2D eigenvalue weighted by Crippen LogP contribution is -2.42. The minimum Gasteiger partial charge on any atom is -0.378 e. The van der Waals surface area contributed by atoms with Crippen LogP contribution in [0, 0.1) is 11.6 Å². The number of aromatic nitrogens is 6. The molecule has 12 rings (SSSR count). The second kappa shape index (κ2) is 17.1. The number of ether oxygens (including phenoxy) is 2. The minimum atomic E-state index is -0.398. The number of morpholine rings is 2. The molecule has 8 aromatic rings. The van der Waals surface area contributed by atoms with Gasteiger partial charge in [0.05, 0.1) is 49.2 Å². The van der Waals surface area contributed by atoms with Gasteiger partial charge in [-0.05, 0) is 103 Å². The fraction of sp³-hybridized carbons (Fsp3) is 0.280. The van der Waals surface area contributed by atoms with Crippen molar-refractivity contribution in [3.63, 3.8) is 0 Å². The molecule has 16 heteroatoms. The zero-order valence-corrected chi connectivity index (χ0v) is 36.3. The Bertz CT molecular complexity index is 3110. The van der Waals surface area contributed by atoms with Crippen LogP contribution >= 0.6 is 0 Å². The molecule has 4 aromatic heterocycles. The Labute approximate surface area is 379 Å². The number of benzene rings is 4. The van der Waals surface area contributed by atoms with Crippen molar-refractivity contribution >= 4 is 56.7 Å². The minimum absolute atomic E-state index is 0.289. The van der Waals surface area contributed by atoms with Crippen LogP contribution in [0.3, 0.4) is 0 Å². The molecule has 0 radical (unpaired) electrons. The van der Waals surface area contributed by atoms with E-state index in [0.29, 0.717) is 117 Å². The van der Waals surface area contributed by atoms with Crippen LogP contribution in [0.15, 0.2) is 97.3 Å². The van der Waals surface area contributed by atoms with E-state index >= 15 is 8.78 Å². The summed E-state index contributed by atoms with van der Waals surface area (Å²) in [6.07, 6.45) is 5.25. The Kier molecular flexibility index (Phi) is 10.5. The first-order valence-electron chi connectivity index (χ1n) is 22.7. The number of hydrogen-bond donors (Lipinski definition) is 4. The van der Waals surface area contributed by atoms with Gasteiger partial charge in [0.2, 0.25) is 0 Å². The maximum atomic E-state index is 16.5. The number of halogens is 2. The molecule has 0 unspecified atom stereocenters. The van der Waals surface area contributed by atoms with Gasteiger partial charge in [-0.15, -0.1) is 0 Å². The zero-order valence-electron chi connectivity index (χ0n) is 36.3. The van der Waals surface area contributed by atoms with Crippen molar-refractivity contribution in [2.45, 2.75) is 25.9 Å². The number of rotatable bonds is 9. The summed E-state index contributed by atoms with van der Waals surface area (Å²) in [5, 5.41) is 12.7. The van der Waals surface area contributed by atoms with Gasteiger partial charge in [0, 0.05) is 96.7 Å². The van der Waals surface area contributed by atoms with Crippen LogP contribution in [0.25, 0.3) is 44.3 Å². The SMILES string of the molecule is Fc1cc(-c2cc(N3CCOCC3)nc(N(c3cccc4c3CCNC4)N(c3ccc4c(c3)CNCC4)c3nc(-c4c(F)ccc5[nH]ccc45)cc(N4CCOCC4)n3)n2)c2cc[nH]c2c1. The van der Waals surface area contributed by atoms with Gasteiger partial charge in [-0.25, -0.2) is 28.8 Å². The lowest BCUT2D eigenvalue weighted by atomic mass is 9.98. The van der Waals surface area contributed by atoms with Crippen molar-refractivity contribution in [2.24, 2.45) is 0 Å². The van der Waals surface area contributed by atoms with Crippen LogP contribution < -0.4 is 30.5 Å². The van der Waals surface area contributed by atoms with Crippen LogP contribution in [0.1, 0.15) is 22.3 Å². The standard InChI is InChI=1S/C50H48F2N12O2/c51-34-25-39(37-10-14-56-42(37)26-34)43-27-46(61-16-20-65-21-17-61)60-50(57-43)64(45-3-1-2-32-29-54-13-9-36(32)45)63(35-5-4-31-8-12-53-30-33(31)24-35)49-58-44(28-47(59-49)62-18-22-66-23-19-62)48-38-11-15-55-41(38)7-6-40(48)52/h1-7,10-11,14-15,24-28,53-56H,8-9,12-13,16-23,29-30H2. The fourth-order valence-electron chi connectivity index (χ4n) is 9.85. The first kappa shape index (κ1) is 40.5. The van der Waals surface area contributed by atoms with Gasteiger partial charge >= 0.3 is 0 Å². The van der Waals surface area contributed by atoms with Gasteiger partial charge in [-0.3, -0.25) is 0 Å². The molecule has 4 aromatic carbocycles. The van der Waals surface area contributed by atoms with E-state index in [2.05, 4.69) is 66.8 Å². The number of fused-ring (bicyclic) bond motifs is 4. The second-order valence-electron chi connectivity index (χ2n) is 17.1. The smallest absolute Gasteiger partial charge is 0.252 e. The van der Waals surface area contributed by atoms with Crippen LogP contribution in [-0.2, 0) is 35.4 Å². The van der Waals surface area contributed by atoms with Crippen molar-refractivity contribution in [1.29, 1.82) is 0 Å². The Morgan fingerprint density at radius 3 is 2.05 bits per heavy atom. The molecule has 0 amide bonds. The van der Waals surface area contributed by atoms with Crippen molar-refractivity contribution in [3.05, 3.63) is 131 Å². The van der Waals surface area contributed by atoms with Gasteiger partial charge in [-0.2, -0.15) is 9.97 Å². The number of aromatic amines is 2. The van der Waals surface area contributed by atoms with Crippen molar-refractivity contribution in [2.75, 3.05) is 85.5 Å². The molecule has 0 saturated carbocycles. The molecular weight excluding hydrogens is 839 g/mol. The van der Waals surface area contributed by atoms with Gasteiger partial charge < -0.3 is 39.9 Å². The predicted octanol–water partition coefficient (Wildman–Crippen LogP) is 7.70. The normalized spacial score (nSPS) is 16.4. The highest BCUT2D eigenvalue weighted by atomic mass is 19.1. The summed E-state index contributed by atoms with van der Waals surface area (Å²) in [5.74, 6) is 1.13. The fourth-order valence-corrected chi connectivity index (χ4v) is 9.85. The monoisotopic (exact) mass is 886 g/mol. The van der Waals surface area contributed by atoms with E-state index < -0.39 is 5.82 Å². The van der Waals surface area contributed by atoms with E-state index in [-0.39, 0.29) is 11.8 Å². The summed E-state index contributed by atoms with van der Waals surface area (Å²) in [4.78, 5) is 32.6. The zero-order chi connectivity index (χ0) is 44.1. The molecule has 66 heavy (non-hydrogen) atoms. The van der Waals surface area contributed by atoms with Gasteiger partial charge in [-0.1, -0.05) is 18.2 Å². The lowest BCUT2D eigenvalue weighted by Gasteiger charge is -2.39. The van der Waals surface area contributed by atoms with Crippen LogP contribution in [0.4, 0.5) is 43.7 Å². The van der Waals surface area contributed by atoms with Crippen molar-refractivity contribution in [3.8, 4) is 22.5 Å². The molecule has 4 N–H and O–H groups in total. The summed E-state index contributed by atoms with van der Waals surface area (Å²) in [7, 11) is 0. The molecule has 8 heterocycles. The average molecular weight is 887 g/mol. The molecule has 0 spiro atoms. The maximum absolute atomic E-state index is 16.5. The van der Waals surface area contributed by atoms with Crippen LogP contribution in [0.5, 0.6) is 0 Å². The van der Waals surface area contributed by atoms with E-state index in [4.69, 9.17) is 29.4 Å². The molecule has 0 atom stereocenters. The van der Waals surface area contributed by atoms with E-state index in [1.165, 1.54) is 23.8 Å². The number of nitrogens with zero attached hydrogens (tertiary/aromatic N) is 8. The summed E-state index contributed by atoms with van der Waals surface area (Å²) in [6, 6.07) is 26.7. The number of hydrogen-bond acceptors (Lipinski definition) is 12. The molecule has 4 aliphatic heterocycles. The van der Waals surface area contributed by atoms with Crippen molar-refractivity contribution in [1.82, 2.24) is 40.5 Å². The molecule has 0 aliphatic carbocycles. The molecule has 2 fully saturated rings. The largest absolute Gasteiger partial charge is 0.378 e. The van der Waals surface area contributed by atoms with E-state index in [1.54, 1.807) is 6.07 Å². The highest BCUT2D eigenvalue weighted by molar-refractivity contribution is 5.96. The summed E-state index contributed by atoms with van der Waals surface area (Å²) >= 11 is 0. The second-order valence-corrected chi connectivity index (χ2v) is 17.1. The summed E-state index contributed by atoms with van der Waals surface area (Å²) in [5.41, 5.74) is 9.67. The predicted molar refractivity (Wildman–Crippen MR) is 253 cm³/mol. The van der Waals surface area contributed by atoms with Crippen LogP contribution in [0.2, 0.25) is 0 Å². The first-order chi connectivity index (χ1) is 32.5. The Morgan fingerprint density at radius 1 is 0.576 bits per heavy atom. The van der Waals surface area contributed by atoms with E-state index in [0.717, 1.165) is 64.9 Å². The molecule has 0 bridgehead atoms. The molecule has 14 nitrogen and oxygen atoms in total. The van der Waals surface area contributed by atoms with E-state index in [1.807, 2.05) is 46.7 Å². The third-order valence-electron chi connectivity index (χ3n) is 13.2.